The van der Waals surface area contributed by atoms with Crippen LogP contribution in [0.1, 0.15) is 10.4 Å². The van der Waals surface area contributed by atoms with Crippen LogP contribution in [0, 0.1) is 23.3 Å². The zero-order chi connectivity index (χ0) is 14.2. The molecule has 0 bridgehead atoms. The van der Waals surface area contributed by atoms with Gasteiger partial charge in [-0.05, 0) is 24.3 Å². The van der Waals surface area contributed by atoms with Gasteiger partial charge in [-0.15, -0.1) is 0 Å². The van der Waals surface area contributed by atoms with Crippen LogP contribution in [0.15, 0.2) is 30.3 Å². The van der Waals surface area contributed by atoms with Crippen molar-refractivity contribution in [3.8, 4) is 11.1 Å². The summed E-state index contributed by atoms with van der Waals surface area (Å²) in [5.74, 6) is -6.02. The van der Waals surface area contributed by atoms with Gasteiger partial charge >= 0.3 is 0 Å². The standard InChI is InChI=1S/C13H7F4NO/c14-7-2-1-3-8(15)10(7)11-9(16)5-4-6(12(11)17)13(18)19/h1-5H,(H2,18,19). The van der Waals surface area contributed by atoms with Gasteiger partial charge in [-0.3, -0.25) is 4.79 Å². The molecule has 0 radical (unpaired) electrons. The topological polar surface area (TPSA) is 43.1 Å². The Morgan fingerprint density at radius 2 is 1.37 bits per heavy atom. The Balaban J connectivity index is 2.82. The average Bonchev–Trinajstić information content (AvgIpc) is 2.32. The molecule has 2 N–H and O–H groups in total. The molecule has 0 unspecified atom stereocenters. The summed E-state index contributed by atoms with van der Waals surface area (Å²) >= 11 is 0. The molecule has 0 fully saturated rings. The van der Waals surface area contributed by atoms with Gasteiger partial charge in [0.05, 0.1) is 16.7 Å². The zero-order valence-electron chi connectivity index (χ0n) is 9.38. The van der Waals surface area contributed by atoms with Gasteiger partial charge in [0.15, 0.2) is 0 Å². The van der Waals surface area contributed by atoms with E-state index in [1.165, 1.54) is 0 Å². The van der Waals surface area contributed by atoms with Crippen LogP contribution in [0.4, 0.5) is 17.6 Å². The van der Waals surface area contributed by atoms with Crippen LogP contribution in [-0.2, 0) is 0 Å². The number of carbonyl (C=O) groups is 1. The molecule has 0 aliphatic rings. The lowest BCUT2D eigenvalue weighted by Crippen LogP contribution is -2.14. The van der Waals surface area contributed by atoms with Gasteiger partial charge in [0.1, 0.15) is 23.3 Å². The lowest BCUT2D eigenvalue weighted by Gasteiger charge is -2.09. The van der Waals surface area contributed by atoms with E-state index in [1.807, 2.05) is 0 Å². The first-order chi connectivity index (χ1) is 8.93. The number of rotatable bonds is 2. The second-order valence-corrected chi connectivity index (χ2v) is 3.74. The van der Waals surface area contributed by atoms with Gasteiger partial charge in [-0.25, -0.2) is 17.6 Å². The molecular weight excluding hydrogens is 262 g/mol. The average molecular weight is 269 g/mol. The molecular formula is C13H7F4NO. The Labute approximate surface area is 105 Å². The van der Waals surface area contributed by atoms with Crippen LogP contribution in [-0.4, -0.2) is 5.91 Å². The van der Waals surface area contributed by atoms with Crippen molar-refractivity contribution in [2.45, 2.75) is 0 Å². The number of amides is 1. The minimum absolute atomic E-state index is 0.640. The number of nitrogens with two attached hydrogens (primary N) is 1. The van der Waals surface area contributed by atoms with Crippen LogP contribution in [0.3, 0.4) is 0 Å². The van der Waals surface area contributed by atoms with E-state index in [0.717, 1.165) is 30.3 Å². The summed E-state index contributed by atoms with van der Waals surface area (Å²) in [6.45, 7) is 0. The minimum Gasteiger partial charge on any atom is -0.366 e. The smallest absolute Gasteiger partial charge is 0.251 e. The van der Waals surface area contributed by atoms with Crippen molar-refractivity contribution in [2.24, 2.45) is 5.73 Å². The molecule has 0 saturated carbocycles. The lowest BCUT2D eigenvalue weighted by atomic mass is 10.00. The molecule has 0 spiro atoms. The van der Waals surface area contributed by atoms with Gasteiger partial charge in [0, 0.05) is 0 Å². The highest BCUT2D eigenvalue weighted by Crippen LogP contribution is 2.32. The molecule has 6 heteroatoms. The highest BCUT2D eigenvalue weighted by molar-refractivity contribution is 5.94. The molecule has 1 amide bonds. The summed E-state index contributed by atoms with van der Waals surface area (Å²) in [7, 11) is 0. The normalized spacial score (nSPS) is 10.5. The molecule has 2 aromatic rings. The third-order valence-electron chi connectivity index (χ3n) is 2.57. The summed E-state index contributed by atoms with van der Waals surface area (Å²) in [6, 6.07) is 4.31. The summed E-state index contributed by atoms with van der Waals surface area (Å²) in [4.78, 5) is 11.0. The van der Waals surface area contributed by atoms with Crippen LogP contribution in [0.5, 0.6) is 0 Å². The number of hydrogen-bond donors (Lipinski definition) is 1. The molecule has 0 aromatic heterocycles. The van der Waals surface area contributed by atoms with Crippen molar-refractivity contribution >= 4 is 5.91 Å². The maximum absolute atomic E-state index is 14.0. The molecule has 19 heavy (non-hydrogen) atoms. The van der Waals surface area contributed by atoms with E-state index >= 15 is 0 Å². The predicted molar refractivity (Wildman–Crippen MR) is 60.2 cm³/mol. The van der Waals surface area contributed by atoms with Crippen LogP contribution < -0.4 is 5.73 Å². The largest absolute Gasteiger partial charge is 0.366 e. The van der Waals surface area contributed by atoms with Crippen molar-refractivity contribution in [1.29, 1.82) is 0 Å². The summed E-state index contributed by atoms with van der Waals surface area (Å²) < 4.78 is 54.6. The van der Waals surface area contributed by atoms with Crippen LogP contribution in [0.2, 0.25) is 0 Å². The van der Waals surface area contributed by atoms with Crippen molar-refractivity contribution in [3.05, 3.63) is 59.2 Å². The fraction of sp³-hybridized carbons (Fsp3) is 0. The fourth-order valence-corrected chi connectivity index (χ4v) is 1.71. The van der Waals surface area contributed by atoms with E-state index in [4.69, 9.17) is 5.73 Å². The molecule has 2 rings (SSSR count). The van der Waals surface area contributed by atoms with E-state index in [0.29, 0.717) is 0 Å². The van der Waals surface area contributed by atoms with Crippen molar-refractivity contribution < 1.29 is 22.4 Å². The predicted octanol–water partition coefficient (Wildman–Crippen LogP) is 3.01. The third-order valence-corrected chi connectivity index (χ3v) is 2.57. The molecule has 0 heterocycles. The number of halogens is 4. The molecule has 0 aliphatic carbocycles. The summed E-state index contributed by atoms with van der Waals surface area (Å²) in [5.41, 5.74) is 2.43. The van der Waals surface area contributed by atoms with E-state index in [-0.39, 0.29) is 0 Å². The monoisotopic (exact) mass is 269 g/mol. The highest BCUT2D eigenvalue weighted by Gasteiger charge is 2.23. The number of carbonyl (C=O) groups excluding carboxylic acids is 1. The summed E-state index contributed by atoms with van der Waals surface area (Å²) in [5, 5.41) is 0. The van der Waals surface area contributed by atoms with Crippen molar-refractivity contribution in [3.63, 3.8) is 0 Å². The van der Waals surface area contributed by atoms with Gasteiger partial charge < -0.3 is 5.73 Å². The number of benzene rings is 2. The van der Waals surface area contributed by atoms with Gasteiger partial charge in [-0.1, -0.05) is 6.07 Å². The molecule has 2 nitrogen and oxygen atoms in total. The van der Waals surface area contributed by atoms with Crippen LogP contribution in [0.25, 0.3) is 11.1 Å². The first-order valence-corrected chi connectivity index (χ1v) is 5.15. The fourth-order valence-electron chi connectivity index (χ4n) is 1.71. The first-order valence-electron chi connectivity index (χ1n) is 5.15. The lowest BCUT2D eigenvalue weighted by molar-refractivity contribution is 0.0996. The van der Waals surface area contributed by atoms with E-state index < -0.39 is 45.9 Å². The van der Waals surface area contributed by atoms with Crippen molar-refractivity contribution in [2.75, 3.05) is 0 Å². The Morgan fingerprint density at radius 3 is 1.89 bits per heavy atom. The molecule has 0 saturated heterocycles. The Hall–Kier alpha value is -2.37. The SMILES string of the molecule is NC(=O)c1ccc(F)c(-c2c(F)cccc2F)c1F. The maximum Gasteiger partial charge on any atom is 0.251 e. The molecule has 2 aromatic carbocycles. The Bertz CT molecular complexity index is 650. The van der Waals surface area contributed by atoms with Gasteiger partial charge in [0.25, 0.3) is 5.91 Å². The molecule has 98 valence electrons. The van der Waals surface area contributed by atoms with E-state index in [1.54, 1.807) is 0 Å². The van der Waals surface area contributed by atoms with E-state index in [2.05, 4.69) is 0 Å². The van der Waals surface area contributed by atoms with Gasteiger partial charge in [0.2, 0.25) is 0 Å². The molecule has 0 atom stereocenters. The van der Waals surface area contributed by atoms with Gasteiger partial charge in [-0.2, -0.15) is 0 Å². The Morgan fingerprint density at radius 1 is 0.842 bits per heavy atom. The molecule has 0 aliphatic heterocycles. The first kappa shape index (κ1) is 13.1. The number of hydrogen-bond acceptors (Lipinski definition) is 1. The quantitative estimate of drug-likeness (QED) is 0.837. The second-order valence-electron chi connectivity index (χ2n) is 3.74. The third kappa shape index (κ3) is 2.16. The minimum atomic E-state index is -1.39. The zero-order valence-corrected chi connectivity index (χ0v) is 9.38. The Kier molecular flexibility index (Phi) is 3.25. The number of primary amides is 1. The van der Waals surface area contributed by atoms with Crippen molar-refractivity contribution in [1.82, 2.24) is 0 Å². The summed E-state index contributed by atoms with van der Waals surface area (Å²) in [6.07, 6.45) is 0. The van der Waals surface area contributed by atoms with Crippen LogP contribution >= 0.6 is 0 Å². The van der Waals surface area contributed by atoms with E-state index in [9.17, 15) is 22.4 Å². The second kappa shape index (κ2) is 4.72. The highest BCUT2D eigenvalue weighted by atomic mass is 19.1. The maximum atomic E-state index is 14.0.